The van der Waals surface area contributed by atoms with Crippen molar-refractivity contribution in [1.29, 1.82) is 0 Å². The molecule has 5 atom stereocenters. The molecule has 1 aromatic rings. The molecule has 26 heavy (non-hydrogen) atoms. The number of methoxy groups -OCH3 is 1. The number of hydrogen-bond donors (Lipinski definition) is 2. The molecule has 2 heterocycles. The molecule has 1 saturated heterocycles. The van der Waals surface area contributed by atoms with E-state index in [-0.39, 0.29) is 0 Å². The van der Waals surface area contributed by atoms with Crippen LogP contribution in [0.2, 0.25) is 0 Å². The van der Waals surface area contributed by atoms with Gasteiger partial charge in [0.25, 0.3) is 5.56 Å². The lowest BCUT2D eigenvalue weighted by atomic mass is 10.1. The summed E-state index contributed by atoms with van der Waals surface area (Å²) in [6.07, 6.45) is -0.947. The number of aromatic amines is 1. The molecule has 148 valence electrons. The molecule has 0 saturated carbocycles. The highest BCUT2D eigenvalue weighted by molar-refractivity contribution is 8.07. The van der Waals surface area contributed by atoms with Crippen molar-refractivity contribution >= 4 is 18.5 Å². The van der Waals surface area contributed by atoms with E-state index in [9.17, 15) is 14.5 Å². The molecule has 0 radical (unpaired) electrons. The minimum atomic E-state index is -3.57. The predicted molar refractivity (Wildman–Crippen MR) is 98.5 cm³/mol. The maximum Gasteiger partial charge on any atom is 0.330 e. The predicted octanol–water partition coefficient (Wildman–Crippen LogP) is 1.28. The minimum Gasteiger partial charge on any atom is -0.374 e. The van der Waals surface area contributed by atoms with Gasteiger partial charge in [-0.15, -0.1) is 0 Å². The Morgan fingerprint density at radius 1 is 1.38 bits per heavy atom. The van der Waals surface area contributed by atoms with Crippen LogP contribution in [0.15, 0.2) is 21.9 Å². The van der Waals surface area contributed by atoms with Crippen molar-refractivity contribution in [2.24, 2.45) is 0 Å². The van der Waals surface area contributed by atoms with E-state index in [1.54, 1.807) is 20.8 Å². The number of rotatable bonds is 6. The maximum atomic E-state index is 12.1. The second-order valence-corrected chi connectivity index (χ2v) is 9.65. The average Bonchev–Trinajstić information content (AvgIpc) is 2.81. The fourth-order valence-electron chi connectivity index (χ4n) is 2.79. The third-order valence-electron chi connectivity index (χ3n) is 3.73. The molecule has 1 fully saturated rings. The summed E-state index contributed by atoms with van der Waals surface area (Å²) in [7, 11) is 1.44. The number of aromatic nitrogens is 2. The van der Waals surface area contributed by atoms with E-state index in [4.69, 9.17) is 30.3 Å². The summed E-state index contributed by atoms with van der Waals surface area (Å²) in [5.41, 5.74) is -1.83. The molecule has 0 aromatic carbocycles. The number of nitrogens with zero attached hydrogens (tertiary/aromatic N) is 1. The summed E-state index contributed by atoms with van der Waals surface area (Å²) in [6.45, 7) is 3.57. The highest BCUT2D eigenvalue weighted by Gasteiger charge is 2.48. The Bertz CT molecular complexity index is 787. The normalized spacial score (nSPS) is 28.8. The van der Waals surface area contributed by atoms with E-state index >= 15 is 0 Å². The van der Waals surface area contributed by atoms with Crippen molar-refractivity contribution in [2.75, 3.05) is 7.11 Å². The maximum absolute atomic E-state index is 12.1. The van der Waals surface area contributed by atoms with Crippen LogP contribution in [0.25, 0.3) is 0 Å². The van der Waals surface area contributed by atoms with Crippen molar-refractivity contribution in [2.45, 2.75) is 64.3 Å². The Hall–Kier alpha value is -0.870. The number of nitrogens with one attached hydrogen (secondary N) is 1. The molecular weight excluding hydrogens is 383 g/mol. The van der Waals surface area contributed by atoms with Crippen LogP contribution in [-0.4, -0.2) is 45.5 Å². The van der Waals surface area contributed by atoms with Crippen molar-refractivity contribution in [3.8, 4) is 0 Å². The number of hydrogen-bond acceptors (Lipinski definition) is 7. The van der Waals surface area contributed by atoms with Gasteiger partial charge in [-0.05, 0) is 39.0 Å². The third kappa shape index (κ3) is 5.10. The largest absolute Gasteiger partial charge is 0.374 e. The summed E-state index contributed by atoms with van der Waals surface area (Å²) in [6, 6.07) is 1.21. The zero-order valence-corrected chi connectivity index (χ0v) is 17.1. The first-order chi connectivity index (χ1) is 12.0. The van der Waals surface area contributed by atoms with Crippen molar-refractivity contribution in [3.05, 3.63) is 33.1 Å². The van der Waals surface area contributed by atoms with E-state index in [2.05, 4.69) is 4.98 Å². The molecule has 2 rings (SSSR count). The fourth-order valence-corrected chi connectivity index (χ4v) is 5.06. The van der Waals surface area contributed by atoms with Crippen LogP contribution < -0.4 is 11.2 Å². The molecular formula is C15H25N2O7PS. The van der Waals surface area contributed by atoms with E-state index < -0.39 is 48.1 Å². The zero-order chi connectivity index (χ0) is 19.7. The Morgan fingerprint density at radius 3 is 2.54 bits per heavy atom. The quantitative estimate of drug-likeness (QED) is 0.677. The summed E-state index contributed by atoms with van der Waals surface area (Å²) < 4.78 is 23.8. The Labute approximate surface area is 156 Å². The third-order valence-corrected chi connectivity index (χ3v) is 5.50. The van der Waals surface area contributed by atoms with Crippen LogP contribution in [0, 0.1) is 0 Å². The summed E-state index contributed by atoms with van der Waals surface area (Å²) in [5, 5.41) is 0. The van der Waals surface area contributed by atoms with Crippen molar-refractivity contribution in [3.63, 3.8) is 0 Å². The first kappa shape index (κ1) is 21.4. The molecule has 0 spiro atoms. The van der Waals surface area contributed by atoms with E-state index in [0.717, 1.165) is 0 Å². The number of H-pyrrole nitrogens is 1. The van der Waals surface area contributed by atoms with Crippen LogP contribution in [0.3, 0.4) is 0 Å². The standard InChI is InChI=1S/C15H25N2O7PS/c1-6-9-11(23-25(20,26)24-15(2,3)4)12(21-5)13(22-9)17-8-7-10(18)16-14(17)19/h7-9,11-13H,6H2,1-5H3,(H,20,26)(H,16,18,19)/t9-,11?,12?,13-,25?/m1/s1. The van der Waals surface area contributed by atoms with E-state index in [1.165, 1.54) is 23.9 Å². The Balaban J connectivity index is 2.33. The summed E-state index contributed by atoms with van der Waals surface area (Å²) in [5.74, 6) is 0. The van der Waals surface area contributed by atoms with Crippen LogP contribution in [-0.2, 0) is 30.3 Å². The molecule has 2 N–H and O–H groups in total. The van der Waals surface area contributed by atoms with Gasteiger partial charge < -0.3 is 18.9 Å². The zero-order valence-electron chi connectivity index (χ0n) is 15.4. The van der Waals surface area contributed by atoms with Crippen LogP contribution in [0.4, 0.5) is 0 Å². The minimum absolute atomic E-state index is 0.484. The highest BCUT2D eigenvalue weighted by atomic mass is 32.5. The van der Waals surface area contributed by atoms with Gasteiger partial charge in [-0.3, -0.25) is 18.9 Å². The molecule has 1 aliphatic rings. The average molecular weight is 408 g/mol. The second-order valence-electron chi connectivity index (χ2n) is 6.93. The van der Waals surface area contributed by atoms with E-state index in [0.29, 0.717) is 6.42 Å². The van der Waals surface area contributed by atoms with Gasteiger partial charge in [0.1, 0.15) is 12.2 Å². The van der Waals surface area contributed by atoms with Crippen molar-refractivity contribution < 1.29 is 23.4 Å². The molecule has 1 aromatic heterocycles. The fraction of sp³-hybridized carbons (Fsp3) is 0.733. The molecule has 0 bridgehead atoms. The van der Waals surface area contributed by atoms with Gasteiger partial charge in [-0.25, -0.2) is 4.79 Å². The Morgan fingerprint density at radius 2 is 2.04 bits per heavy atom. The summed E-state index contributed by atoms with van der Waals surface area (Å²) >= 11 is 5.12. The van der Waals surface area contributed by atoms with Gasteiger partial charge >= 0.3 is 12.4 Å². The van der Waals surface area contributed by atoms with E-state index in [1.807, 2.05) is 6.92 Å². The molecule has 1 aliphatic heterocycles. The van der Waals surface area contributed by atoms with Gasteiger partial charge in [0, 0.05) is 19.4 Å². The van der Waals surface area contributed by atoms with Gasteiger partial charge in [-0.2, -0.15) is 0 Å². The smallest absolute Gasteiger partial charge is 0.330 e. The van der Waals surface area contributed by atoms with Gasteiger partial charge in [-0.1, -0.05) is 6.92 Å². The lowest BCUT2D eigenvalue weighted by Crippen LogP contribution is -2.39. The highest BCUT2D eigenvalue weighted by Crippen LogP contribution is 2.52. The lowest BCUT2D eigenvalue weighted by Gasteiger charge is -2.30. The SMILES string of the molecule is CC[C@H]1O[C@@H](n2ccc(=O)[nH]c2=O)C(OC)C1OP(O)(=S)OC(C)(C)C. The molecule has 9 nitrogen and oxygen atoms in total. The first-order valence-electron chi connectivity index (χ1n) is 8.19. The molecule has 0 aliphatic carbocycles. The first-order valence-corrected chi connectivity index (χ1v) is 10.8. The lowest BCUT2D eigenvalue weighted by molar-refractivity contribution is -0.0542. The molecule has 11 heteroatoms. The molecule has 0 amide bonds. The topological polar surface area (TPSA) is 112 Å². The van der Waals surface area contributed by atoms with Crippen LogP contribution in [0.1, 0.15) is 40.3 Å². The summed E-state index contributed by atoms with van der Waals surface area (Å²) in [4.78, 5) is 36.0. The Kier molecular flexibility index (Phi) is 6.61. The van der Waals surface area contributed by atoms with Gasteiger partial charge in [0.15, 0.2) is 6.23 Å². The van der Waals surface area contributed by atoms with Crippen LogP contribution >= 0.6 is 6.72 Å². The number of ether oxygens (including phenoxy) is 2. The molecule has 3 unspecified atom stereocenters. The van der Waals surface area contributed by atoms with Crippen LogP contribution in [0.5, 0.6) is 0 Å². The second kappa shape index (κ2) is 8.02. The van der Waals surface area contributed by atoms with Gasteiger partial charge in [0.2, 0.25) is 0 Å². The monoisotopic (exact) mass is 408 g/mol. The van der Waals surface area contributed by atoms with Gasteiger partial charge in [0.05, 0.1) is 11.7 Å². The van der Waals surface area contributed by atoms with Crippen molar-refractivity contribution in [1.82, 2.24) is 9.55 Å².